The Labute approximate surface area is 92.3 Å². The standard InChI is InChI=1S/C11H10N4O/c1-14-7-8-6-12-13-15(8)10-5-3-2-4-9(10)11(14)16/h2-6H,7H2,1H3. The molecule has 1 aliphatic heterocycles. The van der Waals surface area contributed by atoms with E-state index in [1.165, 1.54) is 0 Å². The number of benzene rings is 1. The molecule has 0 bridgehead atoms. The number of carbonyl (C=O) groups excluding carboxylic acids is 1. The van der Waals surface area contributed by atoms with Gasteiger partial charge in [0.15, 0.2) is 0 Å². The second-order valence-electron chi connectivity index (χ2n) is 3.82. The first-order valence-electron chi connectivity index (χ1n) is 5.02. The zero-order valence-corrected chi connectivity index (χ0v) is 8.79. The van der Waals surface area contributed by atoms with E-state index in [0.29, 0.717) is 12.1 Å². The highest BCUT2D eigenvalue weighted by molar-refractivity contribution is 5.98. The van der Waals surface area contributed by atoms with Crippen LogP contribution in [-0.4, -0.2) is 32.8 Å². The van der Waals surface area contributed by atoms with Crippen molar-refractivity contribution in [2.75, 3.05) is 7.05 Å². The van der Waals surface area contributed by atoms with Gasteiger partial charge in [-0.15, -0.1) is 5.10 Å². The quantitative estimate of drug-likeness (QED) is 0.653. The molecule has 16 heavy (non-hydrogen) atoms. The van der Waals surface area contributed by atoms with E-state index < -0.39 is 0 Å². The summed E-state index contributed by atoms with van der Waals surface area (Å²) < 4.78 is 1.72. The smallest absolute Gasteiger partial charge is 0.256 e. The highest BCUT2D eigenvalue weighted by Crippen LogP contribution is 2.21. The van der Waals surface area contributed by atoms with E-state index in [1.807, 2.05) is 24.3 Å². The molecule has 2 heterocycles. The number of carbonyl (C=O) groups is 1. The van der Waals surface area contributed by atoms with E-state index in [2.05, 4.69) is 10.3 Å². The van der Waals surface area contributed by atoms with Crippen LogP contribution in [0, 0.1) is 0 Å². The third-order valence-corrected chi connectivity index (χ3v) is 2.73. The van der Waals surface area contributed by atoms with Gasteiger partial charge in [0, 0.05) is 7.05 Å². The molecule has 2 aromatic rings. The molecule has 0 unspecified atom stereocenters. The minimum Gasteiger partial charge on any atom is -0.336 e. The van der Waals surface area contributed by atoms with Crippen molar-refractivity contribution < 1.29 is 4.79 Å². The maximum Gasteiger partial charge on any atom is 0.256 e. The summed E-state index contributed by atoms with van der Waals surface area (Å²) in [4.78, 5) is 13.7. The number of rotatable bonds is 0. The Morgan fingerprint density at radius 3 is 3.00 bits per heavy atom. The maximum absolute atomic E-state index is 12.1. The van der Waals surface area contributed by atoms with Gasteiger partial charge in [-0.05, 0) is 12.1 Å². The lowest BCUT2D eigenvalue weighted by Crippen LogP contribution is -2.24. The van der Waals surface area contributed by atoms with Crippen LogP contribution in [0.2, 0.25) is 0 Å². The molecule has 0 fully saturated rings. The zero-order chi connectivity index (χ0) is 11.1. The van der Waals surface area contributed by atoms with Crippen LogP contribution in [0.3, 0.4) is 0 Å². The summed E-state index contributed by atoms with van der Waals surface area (Å²) in [5.74, 6) is 0.0149. The van der Waals surface area contributed by atoms with Gasteiger partial charge in [0.2, 0.25) is 0 Å². The van der Waals surface area contributed by atoms with Crippen molar-refractivity contribution in [1.29, 1.82) is 0 Å². The van der Waals surface area contributed by atoms with Crippen LogP contribution in [0.25, 0.3) is 5.69 Å². The molecule has 3 rings (SSSR count). The molecule has 0 aliphatic carbocycles. The number of para-hydroxylation sites is 1. The lowest BCUT2D eigenvalue weighted by molar-refractivity contribution is 0.0788. The Balaban J connectivity index is 2.32. The predicted octanol–water partition coefficient (Wildman–Crippen LogP) is 0.853. The number of fused-ring (bicyclic) bond motifs is 3. The topological polar surface area (TPSA) is 51.0 Å². The van der Waals surface area contributed by atoms with Crippen molar-refractivity contribution in [3.8, 4) is 5.69 Å². The van der Waals surface area contributed by atoms with Gasteiger partial charge < -0.3 is 4.90 Å². The SMILES string of the molecule is CN1Cc2cnnn2-c2ccccc2C1=O. The largest absolute Gasteiger partial charge is 0.336 e. The fourth-order valence-corrected chi connectivity index (χ4v) is 1.93. The van der Waals surface area contributed by atoms with E-state index in [4.69, 9.17) is 0 Å². The van der Waals surface area contributed by atoms with Gasteiger partial charge in [-0.25, -0.2) is 4.68 Å². The molecular weight excluding hydrogens is 204 g/mol. The fourth-order valence-electron chi connectivity index (χ4n) is 1.93. The number of hydrogen-bond donors (Lipinski definition) is 0. The van der Waals surface area contributed by atoms with Crippen LogP contribution in [0.5, 0.6) is 0 Å². The van der Waals surface area contributed by atoms with Crippen LogP contribution in [0.4, 0.5) is 0 Å². The molecular formula is C11H10N4O. The summed E-state index contributed by atoms with van der Waals surface area (Å²) in [6, 6.07) is 7.44. The molecule has 0 radical (unpaired) electrons. The molecule has 1 aliphatic rings. The van der Waals surface area contributed by atoms with Crippen molar-refractivity contribution in [3.63, 3.8) is 0 Å². The molecule has 1 aromatic carbocycles. The van der Waals surface area contributed by atoms with E-state index >= 15 is 0 Å². The van der Waals surface area contributed by atoms with E-state index in [1.54, 1.807) is 22.8 Å². The third-order valence-electron chi connectivity index (χ3n) is 2.73. The molecule has 0 saturated carbocycles. The Kier molecular flexibility index (Phi) is 1.80. The van der Waals surface area contributed by atoms with Crippen LogP contribution in [0.1, 0.15) is 16.1 Å². The second-order valence-corrected chi connectivity index (χ2v) is 3.82. The molecule has 5 nitrogen and oxygen atoms in total. The molecule has 1 aromatic heterocycles. The van der Waals surface area contributed by atoms with E-state index in [9.17, 15) is 4.79 Å². The Morgan fingerprint density at radius 1 is 1.31 bits per heavy atom. The first-order valence-corrected chi connectivity index (χ1v) is 5.02. The summed E-state index contributed by atoms with van der Waals surface area (Å²) in [6.07, 6.45) is 1.69. The molecule has 0 saturated heterocycles. The van der Waals surface area contributed by atoms with Crippen LogP contribution < -0.4 is 0 Å². The Morgan fingerprint density at radius 2 is 2.12 bits per heavy atom. The average molecular weight is 214 g/mol. The average Bonchev–Trinajstić information content (AvgIpc) is 2.72. The molecule has 0 N–H and O–H groups in total. The molecule has 0 atom stereocenters. The number of aromatic nitrogens is 3. The van der Waals surface area contributed by atoms with Gasteiger partial charge in [-0.3, -0.25) is 4.79 Å². The molecule has 0 spiro atoms. The highest BCUT2D eigenvalue weighted by Gasteiger charge is 2.23. The van der Waals surface area contributed by atoms with Gasteiger partial charge in [-0.1, -0.05) is 17.3 Å². The van der Waals surface area contributed by atoms with Gasteiger partial charge in [0.05, 0.1) is 29.7 Å². The van der Waals surface area contributed by atoms with Crippen molar-refractivity contribution in [3.05, 3.63) is 41.7 Å². The number of hydrogen-bond acceptors (Lipinski definition) is 3. The normalized spacial score (nSPS) is 14.3. The summed E-state index contributed by atoms with van der Waals surface area (Å²) >= 11 is 0. The van der Waals surface area contributed by atoms with Gasteiger partial charge in [0.25, 0.3) is 5.91 Å². The van der Waals surface area contributed by atoms with Crippen molar-refractivity contribution in [2.45, 2.75) is 6.54 Å². The van der Waals surface area contributed by atoms with E-state index in [0.717, 1.165) is 11.4 Å². The number of nitrogens with zero attached hydrogens (tertiary/aromatic N) is 4. The summed E-state index contributed by atoms with van der Waals surface area (Å²) in [5, 5.41) is 7.89. The number of amides is 1. The minimum atomic E-state index is 0.0149. The maximum atomic E-state index is 12.1. The Hall–Kier alpha value is -2.17. The van der Waals surface area contributed by atoms with E-state index in [-0.39, 0.29) is 5.91 Å². The molecule has 5 heteroatoms. The highest BCUT2D eigenvalue weighted by atomic mass is 16.2. The van der Waals surface area contributed by atoms with Crippen LogP contribution in [0.15, 0.2) is 30.5 Å². The zero-order valence-electron chi connectivity index (χ0n) is 8.79. The van der Waals surface area contributed by atoms with Crippen molar-refractivity contribution in [2.24, 2.45) is 0 Å². The van der Waals surface area contributed by atoms with Crippen molar-refractivity contribution >= 4 is 5.91 Å². The van der Waals surface area contributed by atoms with Crippen LogP contribution >= 0.6 is 0 Å². The lowest BCUT2D eigenvalue weighted by atomic mass is 10.1. The minimum absolute atomic E-state index is 0.0149. The fraction of sp³-hybridized carbons (Fsp3) is 0.182. The van der Waals surface area contributed by atoms with Gasteiger partial charge >= 0.3 is 0 Å². The Bertz CT molecular complexity index is 561. The van der Waals surface area contributed by atoms with Gasteiger partial charge in [-0.2, -0.15) is 0 Å². The van der Waals surface area contributed by atoms with Crippen LogP contribution in [-0.2, 0) is 6.54 Å². The third kappa shape index (κ3) is 1.14. The monoisotopic (exact) mass is 214 g/mol. The molecule has 1 amide bonds. The second kappa shape index (κ2) is 3.16. The predicted molar refractivity (Wildman–Crippen MR) is 57.2 cm³/mol. The summed E-state index contributed by atoms with van der Waals surface area (Å²) in [7, 11) is 1.78. The van der Waals surface area contributed by atoms with Crippen molar-refractivity contribution in [1.82, 2.24) is 19.9 Å². The summed E-state index contributed by atoms with van der Waals surface area (Å²) in [6.45, 7) is 0.528. The first kappa shape index (κ1) is 9.08. The first-order chi connectivity index (χ1) is 7.77. The van der Waals surface area contributed by atoms with Gasteiger partial charge in [0.1, 0.15) is 0 Å². The lowest BCUT2D eigenvalue weighted by Gasteiger charge is -2.13. The summed E-state index contributed by atoms with van der Waals surface area (Å²) in [5.41, 5.74) is 2.37. The molecule has 80 valence electrons.